The summed E-state index contributed by atoms with van der Waals surface area (Å²) in [7, 11) is 3.08. The van der Waals surface area contributed by atoms with Gasteiger partial charge in [0.15, 0.2) is 0 Å². The van der Waals surface area contributed by atoms with Crippen molar-refractivity contribution in [1.29, 1.82) is 0 Å². The summed E-state index contributed by atoms with van der Waals surface area (Å²) in [5.41, 5.74) is 7.59. The Bertz CT molecular complexity index is 1260. The Labute approximate surface area is 209 Å². The number of hydrogen-bond donors (Lipinski definition) is 4. The van der Waals surface area contributed by atoms with Crippen molar-refractivity contribution < 1.29 is 13.9 Å². The van der Waals surface area contributed by atoms with Crippen LogP contribution in [0.15, 0.2) is 72.3 Å². The molecule has 0 saturated heterocycles. The van der Waals surface area contributed by atoms with Crippen LogP contribution in [0.25, 0.3) is 11.1 Å². The van der Waals surface area contributed by atoms with Gasteiger partial charge in [0.05, 0.1) is 18.5 Å². The molecule has 0 radical (unpaired) electrons. The average molecular weight is 493 g/mol. The maximum atomic E-state index is 14.7. The number of halogens is 1. The van der Waals surface area contributed by atoms with Crippen molar-refractivity contribution in [3.8, 4) is 17.0 Å². The molecule has 0 saturated carbocycles. The van der Waals surface area contributed by atoms with Gasteiger partial charge in [-0.05, 0) is 36.4 Å². The number of carbonyl (C=O) groups is 1. The zero-order valence-corrected chi connectivity index (χ0v) is 20.5. The second kappa shape index (κ2) is 13.8. The van der Waals surface area contributed by atoms with E-state index in [1.54, 1.807) is 25.4 Å². The molecular formula is C25H29FN8O2. The molecule has 1 amide bonds. The summed E-state index contributed by atoms with van der Waals surface area (Å²) >= 11 is 0. The average Bonchev–Trinajstić information content (AvgIpc) is 2.91. The van der Waals surface area contributed by atoms with Gasteiger partial charge in [0, 0.05) is 48.7 Å². The molecule has 0 aliphatic heterocycles. The van der Waals surface area contributed by atoms with Crippen molar-refractivity contribution in [1.82, 2.24) is 15.0 Å². The van der Waals surface area contributed by atoms with Gasteiger partial charge in [0.2, 0.25) is 17.7 Å². The van der Waals surface area contributed by atoms with Gasteiger partial charge in [-0.2, -0.15) is 4.98 Å². The lowest BCUT2D eigenvalue weighted by molar-refractivity contribution is -0.111. The molecule has 0 aliphatic carbocycles. The number of allylic oxidation sites excluding steroid dienone is 1. The van der Waals surface area contributed by atoms with E-state index in [1.165, 1.54) is 43.9 Å². The number of nitrogens with one attached hydrogen (secondary N) is 3. The van der Waals surface area contributed by atoms with E-state index in [1.807, 2.05) is 13.8 Å². The highest BCUT2D eigenvalue weighted by Gasteiger charge is 2.17. The Morgan fingerprint density at radius 2 is 1.97 bits per heavy atom. The first-order chi connectivity index (χ1) is 17.5. The molecule has 188 valence electrons. The topological polar surface area (TPSA) is 139 Å². The Kier molecular flexibility index (Phi) is 10.5. The van der Waals surface area contributed by atoms with E-state index >= 15 is 0 Å². The normalized spacial score (nSPS) is 10.8. The highest BCUT2D eigenvalue weighted by atomic mass is 19.1. The molecule has 10 nitrogen and oxygen atoms in total. The van der Waals surface area contributed by atoms with Gasteiger partial charge >= 0.3 is 0 Å². The number of aromatic nitrogens is 3. The van der Waals surface area contributed by atoms with E-state index in [4.69, 9.17) is 10.5 Å². The van der Waals surface area contributed by atoms with Crippen LogP contribution in [0.4, 0.5) is 27.5 Å². The van der Waals surface area contributed by atoms with Crippen molar-refractivity contribution in [2.75, 3.05) is 30.1 Å². The lowest BCUT2D eigenvalue weighted by atomic mass is 10.1. The quantitative estimate of drug-likeness (QED) is 0.253. The summed E-state index contributed by atoms with van der Waals surface area (Å²) < 4.78 is 20.0. The van der Waals surface area contributed by atoms with E-state index in [9.17, 15) is 9.18 Å². The number of anilines is 4. The van der Waals surface area contributed by atoms with Crippen molar-refractivity contribution in [3.63, 3.8) is 0 Å². The van der Waals surface area contributed by atoms with Gasteiger partial charge in [-0.3, -0.25) is 9.79 Å². The number of hydrogen-bond acceptors (Lipinski definition) is 9. The number of amides is 1. The SMILES string of the molecule is C=CC(=O)Nc1ccc(F)c(Nc2nc(N/C(C=NC)=C/N)ncc2-c2cccnc2OC)c1.CC. The van der Waals surface area contributed by atoms with Crippen molar-refractivity contribution in [3.05, 3.63) is 73.1 Å². The molecule has 0 unspecified atom stereocenters. The summed E-state index contributed by atoms with van der Waals surface area (Å²) in [6.45, 7) is 7.41. The van der Waals surface area contributed by atoms with Gasteiger partial charge < -0.3 is 26.4 Å². The maximum absolute atomic E-state index is 14.7. The summed E-state index contributed by atoms with van der Waals surface area (Å²) in [5, 5.41) is 8.51. The molecule has 3 rings (SSSR count). The summed E-state index contributed by atoms with van der Waals surface area (Å²) in [6.07, 6.45) is 7.05. The minimum atomic E-state index is -0.561. The number of aliphatic imine (C=N–C) groups is 1. The van der Waals surface area contributed by atoms with E-state index in [0.29, 0.717) is 28.4 Å². The van der Waals surface area contributed by atoms with Crippen molar-refractivity contribution in [2.24, 2.45) is 10.7 Å². The maximum Gasteiger partial charge on any atom is 0.247 e. The molecule has 0 bridgehead atoms. The lowest BCUT2D eigenvalue weighted by Crippen LogP contribution is -2.10. The Morgan fingerprint density at radius 3 is 2.64 bits per heavy atom. The number of carbonyl (C=O) groups excluding carboxylic acids is 1. The minimum Gasteiger partial charge on any atom is -0.481 e. The Morgan fingerprint density at radius 1 is 1.19 bits per heavy atom. The molecule has 3 aromatic rings. The molecule has 2 heterocycles. The van der Waals surface area contributed by atoms with Crippen LogP contribution in [0.5, 0.6) is 5.88 Å². The number of pyridine rings is 1. The van der Waals surface area contributed by atoms with E-state index < -0.39 is 11.7 Å². The predicted molar refractivity (Wildman–Crippen MR) is 142 cm³/mol. The first kappa shape index (κ1) is 27.4. The van der Waals surface area contributed by atoms with Gasteiger partial charge in [0.1, 0.15) is 11.6 Å². The molecule has 1 aromatic carbocycles. The molecule has 0 fully saturated rings. The van der Waals surface area contributed by atoms with Crippen LogP contribution in [0.3, 0.4) is 0 Å². The monoisotopic (exact) mass is 492 g/mol. The number of nitrogens with zero attached hydrogens (tertiary/aromatic N) is 4. The van der Waals surface area contributed by atoms with Gasteiger partial charge in [-0.1, -0.05) is 20.4 Å². The lowest BCUT2D eigenvalue weighted by Gasteiger charge is -2.15. The van der Waals surface area contributed by atoms with Crippen molar-refractivity contribution >= 4 is 35.3 Å². The van der Waals surface area contributed by atoms with Crippen molar-refractivity contribution in [2.45, 2.75) is 13.8 Å². The van der Waals surface area contributed by atoms with Crippen LogP contribution >= 0.6 is 0 Å². The Balaban J connectivity index is 0.00000222. The Hall–Kier alpha value is -4.80. The molecule has 36 heavy (non-hydrogen) atoms. The third-order valence-electron chi connectivity index (χ3n) is 4.42. The van der Waals surface area contributed by atoms with E-state index in [2.05, 4.69) is 42.5 Å². The largest absolute Gasteiger partial charge is 0.481 e. The predicted octanol–water partition coefficient (Wildman–Crippen LogP) is 4.49. The third-order valence-corrected chi connectivity index (χ3v) is 4.42. The van der Waals surface area contributed by atoms with E-state index in [0.717, 1.165) is 6.08 Å². The summed E-state index contributed by atoms with van der Waals surface area (Å²) in [6, 6.07) is 7.59. The first-order valence-corrected chi connectivity index (χ1v) is 11.0. The molecule has 0 atom stereocenters. The fraction of sp³-hybridized carbons (Fsp3) is 0.160. The highest BCUT2D eigenvalue weighted by Crippen LogP contribution is 2.35. The third kappa shape index (κ3) is 7.10. The zero-order chi connectivity index (χ0) is 26.5. The number of ether oxygens (including phenoxy) is 1. The molecular weight excluding hydrogens is 463 g/mol. The van der Waals surface area contributed by atoms with Crippen LogP contribution in [0, 0.1) is 5.82 Å². The number of rotatable bonds is 9. The van der Waals surface area contributed by atoms with Crippen LogP contribution in [-0.4, -0.2) is 41.2 Å². The summed E-state index contributed by atoms with van der Waals surface area (Å²) in [5.74, 6) is -0.218. The van der Waals surface area contributed by atoms with Crippen LogP contribution in [-0.2, 0) is 4.79 Å². The number of benzene rings is 1. The zero-order valence-electron chi connectivity index (χ0n) is 20.5. The highest BCUT2D eigenvalue weighted by molar-refractivity contribution is 5.99. The van der Waals surface area contributed by atoms with Gasteiger partial charge in [-0.15, -0.1) is 0 Å². The second-order valence-electron chi connectivity index (χ2n) is 6.66. The van der Waals surface area contributed by atoms with Crippen LogP contribution < -0.4 is 26.4 Å². The van der Waals surface area contributed by atoms with Crippen LogP contribution in [0.2, 0.25) is 0 Å². The molecule has 0 spiro atoms. The second-order valence-corrected chi connectivity index (χ2v) is 6.66. The molecule has 2 aromatic heterocycles. The molecule has 5 N–H and O–H groups in total. The van der Waals surface area contributed by atoms with Gasteiger partial charge in [-0.25, -0.2) is 14.4 Å². The molecule has 0 aliphatic rings. The first-order valence-electron chi connectivity index (χ1n) is 11.0. The standard InChI is InChI=1S/C23H23FN8O2.C2H6/c1-4-20(33)29-14-7-8-18(24)19(10-14)31-21-17(16-6-5-9-27-22(16)34-3)13-28-23(32-21)30-15(11-25)12-26-2;1-2/h4-13H,1,25H2,2-3H3,(H,29,33)(H2,28,30,31,32);1-2H3/b15-11+,26-12?;. The fourth-order valence-electron chi connectivity index (χ4n) is 2.90. The van der Waals surface area contributed by atoms with Crippen LogP contribution in [0.1, 0.15) is 13.8 Å². The molecule has 11 heteroatoms. The minimum absolute atomic E-state index is 0.0698. The van der Waals surface area contributed by atoms with Gasteiger partial charge in [0.25, 0.3) is 0 Å². The summed E-state index contributed by atoms with van der Waals surface area (Å²) in [4.78, 5) is 28.6. The number of methoxy groups -OCH3 is 1. The number of nitrogens with two attached hydrogens (primary N) is 1. The smallest absolute Gasteiger partial charge is 0.247 e. The van der Waals surface area contributed by atoms with E-state index in [-0.39, 0.29) is 17.5 Å². The fourth-order valence-corrected chi connectivity index (χ4v) is 2.90.